The van der Waals surface area contributed by atoms with E-state index in [1.54, 1.807) is 0 Å². The van der Waals surface area contributed by atoms with Gasteiger partial charge in [0.25, 0.3) is 0 Å². The summed E-state index contributed by atoms with van der Waals surface area (Å²) in [6, 6.07) is 2.09. The number of benzene rings is 1. The highest BCUT2D eigenvalue weighted by Crippen LogP contribution is 2.24. The number of anilines is 1. The Kier molecular flexibility index (Phi) is 4.75. The van der Waals surface area contributed by atoms with Crippen molar-refractivity contribution in [1.82, 2.24) is 0 Å². The van der Waals surface area contributed by atoms with E-state index in [1.165, 1.54) is 0 Å². The first-order chi connectivity index (χ1) is 8.06. The van der Waals surface area contributed by atoms with Crippen LogP contribution in [-0.4, -0.2) is 17.7 Å². The quantitative estimate of drug-likeness (QED) is 0.593. The van der Waals surface area contributed by atoms with E-state index in [-0.39, 0.29) is 17.0 Å². The number of carboxylic acid groups (broad SMARTS) is 1. The SMILES string of the molecule is CCCCCOc1cc(C(=O)O)c(N)cc1F. The lowest BCUT2D eigenvalue weighted by Gasteiger charge is -2.09. The van der Waals surface area contributed by atoms with Crippen molar-refractivity contribution in [3.8, 4) is 5.75 Å². The molecule has 17 heavy (non-hydrogen) atoms. The van der Waals surface area contributed by atoms with Crippen molar-refractivity contribution in [1.29, 1.82) is 0 Å². The van der Waals surface area contributed by atoms with Gasteiger partial charge in [-0.2, -0.15) is 0 Å². The number of rotatable bonds is 6. The highest BCUT2D eigenvalue weighted by atomic mass is 19.1. The van der Waals surface area contributed by atoms with Crippen molar-refractivity contribution in [3.63, 3.8) is 0 Å². The van der Waals surface area contributed by atoms with Crippen LogP contribution in [0.1, 0.15) is 36.5 Å². The smallest absolute Gasteiger partial charge is 0.337 e. The third-order valence-electron chi connectivity index (χ3n) is 2.34. The molecule has 1 rings (SSSR count). The van der Waals surface area contributed by atoms with E-state index in [1.807, 2.05) is 6.92 Å². The van der Waals surface area contributed by atoms with Crippen molar-refractivity contribution in [3.05, 3.63) is 23.5 Å². The van der Waals surface area contributed by atoms with Gasteiger partial charge in [0, 0.05) is 11.8 Å². The molecule has 0 spiro atoms. The van der Waals surface area contributed by atoms with E-state index < -0.39 is 11.8 Å². The van der Waals surface area contributed by atoms with Gasteiger partial charge in [-0.3, -0.25) is 0 Å². The first-order valence-electron chi connectivity index (χ1n) is 5.51. The number of carboxylic acids is 1. The standard InChI is InChI=1S/C12H16FNO3/c1-2-3-4-5-17-11-6-8(12(15)16)10(14)7-9(11)13/h6-7H,2-5,14H2,1H3,(H,15,16). The number of nitrogen functional groups attached to an aromatic ring is 1. The van der Waals surface area contributed by atoms with Crippen LogP contribution in [-0.2, 0) is 0 Å². The zero-order valence-corrected chi connectivity index (χ0v) is 9.70. The topological polar surface area (TPSA) is 72.5 Å². The van der Waals surface area contributed by atoms with E-state index in [0.29, 0.717) is 6.61 Å². The lowest BCUT2D eigenvalue weighted by molar-refractivity contribution is 0.0697. The fourth-order valence-electron chi connectivity index (χ4n) is 1.40. The Morgan fingerprint density at radius 3 is 2.76 bits per heavy atom. The lowest BCUT2D eigenvalue weighted by Crippen LogP contribution is -2.06. The second kappa shape index (κ2) is 6.08. The zero-order chi connectivity index (χ0) is 12.8. The largest absolute Gasteiger partial charge is 0.490 e. The number of halogens is 1. The molecule has 0 heterocycles. The molecule has 3 N–H and O–H groups in total. The molecule has 0 fully saturated rings. The Balaban J connectivity index is 2.77. The number of aromatic carboxylic acids is 1. The number of hydrogen-bond acceptors (Lipinski definition) is 3. The van der Waals surface area contributed by atoms with Gasteiger partial charge in [-0.15, -0.1) is 0 Å². The summed E-state index contributed by atoms with van der Waals surface area (Å²) in [5.74, 6) is -1.89. The molecular weight excluding hydrogens is 225 g/mol. The second-order valence-corrected chi connectivity index (χ2v) is 3.73. The maximum Gasteiger partial charge on any atom is 0.337 e. The number of ether oxygens (including phenoxy) is 1. The normalized spacial score (nSPS) is 10.2. The summed E-state index contributed by atoms with van der Waals surface area (Å²) in [7, 11) is 0. The Morgan fingerprint density at radius 2 is 2.18 bits per heavy atom. The van der Waals surface area contributed by atoms with Gasteiger partial charge in [0.1, 0.15) is 0 Å². The molecule has 0 aromatic heterocycles. The molecule has 0 amide bonds. The van der Waals surface area contributed by atoms with E-state index in [9.17, 15) is 9.18 Å². The Bertz CT molecular complexity index is 407. The van der Waals surface area contributed by atoms with Crippen LogP contribution in [0.3, 0.4) is 0 Å². The summed E-state index contributed by atoms with van der Waals surface area (Å²) in [6.45, 7) is 2.42. The van der Waals surface area contributed by atoms with Gasteiger partial charge in [0.05, 0.1) is 12.2 Å². The predicted molar refractivity (Wildman–Crippen MR) is 62.8 cm³/mol. The van der Waals surface area contributed by atoms with Gasteiger partial charge >= 0.3 is 5.97 Å². The van der Waals surface area contributed by atoms with Crippen molar-refractivity contribution in [2.75, 3.05) is 12.3 Å². The molecule has 0 aliphatic heterocycles. The maximum atomic E-state index is 13.4. The number of hydrogen-bond donors (Lipinski definition) is 2. The maximum absolute atomic E-state index is 13.4. The van der Waals surface area contributed by atoms with Crippen molar-refractivity contribution < 1.29 is 19.0 Å². The first-order valence-corrected chi connectivity index (χ1v) is 5.51. The summed E-state index contributed by atoms with van der Waals surface area (Å²) in [6.07, 6.45) is 2.83. The van der Waals surface area contributed by atoms with Crippen LogP contribution in [0.2, 0.25) is 0 Å². The molecule has 0 bridgehead atoms. The number of carbonyl (C=O) groups is 1. The van der Waals surface area contributed by atoms with Crippen LogP contribution in [0.25, 0.3) is 0 Å². The summed E-state index contributed by atoms with van der Waals surface area (Å²) >= 11 is 0. The van der Waals surface area contributed by atoms with Crippen LogP contribution >= 0.6 is 0 Å². The fourth-order valence-corrected chi connectivity index (χ4v) is 1.40. The van der Waals surface area contributed by atoms with Crippen molar-refractivity contribution in [2.45, 2.75) is 26.2 Å². The van der Waals surface area contributed by atoms with Gasteiger partial charge in [-0.05, 0) is 12.5 Å². The van der Waals surface area contributed by atoms with Gasteiger partial charge in [-0.1, -0.05) is 19.8 Å². The number of nitrogens with two attached hydrogens (primary N) is 1. The third-order valence-corrected chi connectivity index (χ3v) is 2.34. The van der Waals surface area contributed by atoms with E-state index in [0.717, 1.165) is 31.4 Å². The average molecular weight is 241 g/mol. The Hall–Kier alpha value is -1.78. The fraction of sp³-hybridized carbons (Fsp3) is 0.417. The van der Waals surface area contributed by atoms with Crippen molar-refractivity contribution in [2.24, 2.45) is 0 Å². The summed E-state index contributed by atoms with van der Waals surface area (Å²) in [5.41, 5.74) is 5.15. The van der Waals surface area contributed by atoms with E-state index in [4.69, 9.17) is 15.6 Å². The minimum atomic E-state index is -1.19. The average Bonchev–Trinajstić information content (AvgIpc) is 2.26. The summed E-state index contributed by atoms with van der Waals surface area (Å²) < 4.78 is 18.6. The van der Waals surface area contributed by atoms with E-state index in [2.05, 4.69) is 0 Å². The molecular formula is C12H16FNO3. The lowest BCUT2D eigenvalue weighted by atomic mass is 10.1. The zero-order valence-electron chi connectivity index (χ0n) is 9.70. The molecule has 4 nitrogen and oxygen atoms in total. The summed E-state index contributed by atoms with van der Waals surface area (Å²) in [5, 5.41) is 8.83. The first kappa shape index (κ1) is 13.3. The minimum absolute atomic E-state index is 0.0623. The molecule has 94 valence electrons. The number of unbranched alkanes of at least 4 members (excludes halogenated alkanes) is 2. The minimum Gasteiger partial charge on any atom is -0.490 e. The monoisotopic (exact) mass is 241 g/mol. The predicted octanol–water partition coefficient (Wildman–Crippen LogP) is 2.68. The molecule has 0 saturated heterocycles. The van der Waals surface area contributed by atoms with Crippen LogP contribution in [0.4, 0.5) is 10.1 Å². The summed E-state index contributed by atoms with van der Waals surface area (Å²) in [4.78, 5) is 10.8. The third kappa shape index (κ3) is 3.62. The highest BCUT2D eigenvalue weighted by Gasteiger charge is 2.13. The molecule has 0 radical (unpaired) electrons. The van der Waals surface area contributed by atoms with Crippen LogP contribution in [0, 0.1) is 5.82 Å². The van der Waals surface area contributed by atoms with Gasteiger partial charge < -0.3 is 15.6 Å². The Labute approximate surface area is 99.2 Å². The second-order valence-electron chi connectivity index (χ2n) is 3.73. The molecule has 0 aliphatic rings. The van der Waals surface area contributed by atoms with Gasteiger partial charge in [0.15, 0.2) is 11.6 Å². The van der Waals surface area contributed by atoms with Gasteiger partial charge in [-0.25, -0.2) is 9.18 Å². The van der Waals surface area contributed by atoms with Crippen LogP contribution < -0.4 is 10.5 Å². The van der Waals surface area contributed by atoms with Crippen molar-refractivity contribution >= 4 is 11.7 Å². The highest BCUT2D eigenvalue weighted by molar-refractivity contribution is 5.94. The molecule has 1 aromatic carbocycles. The molecule has 1 aromatic rings. The molecule has 0 atom stereocenters. The van der Waals surface area contributed by atoms with Crippen LogP contribution in [0.15, 0.2) is 12.1 Å². The Morgan fingerprint density at radius 1 is 1.47 bits per heavy atom. The molecule has 5 heteroatoms. The van der Waals surface area contributed by atoms with Crippen LogP contribution in [0.5, 0.6) is 5.75 Å². The molecule has 0 aliphatic carbocycles. The molecule has 0 saturated carbocycles. The van der Waals surface area contributed by atoms with Gasteiger partial charge in [0.2, 0.25) is 0 Å². The molecule has 0 unspecified atom stereocenters. The van der Waals surface area contributed by atoms with E-state index >= 15 is 0 Å².